The number of benzene rings is 2. The Morgan fingerprint density at radius 3 is 2.05 bits per heavy atom. The topological polar surface area (TPSA) is 12.9 Å². The van der Waals surface area contributed by atoms with Crippen LogP contribution in [0.1, 0.15) is 16.7 Å². The van der Waals surface area contributed by atoms with E-state index < -0.39 is 0 Å². The first-order valence-electron chi connectivity index (χ1n) is 7.25. The Hall–Kier alpha value is -2.41. The van der Waals surface area contributed by atoms with Crippen LogP contribution in [0, 0.1) is 20.8 Å². The highest BCUT2D eigenvalue weighted by Crippen LogP contribution is 2.32. The molecule has 0 bridgehead atoms. The summed E-state index contributed by atoms with van der Waals surface area (Å²) in [5.74, 6) is 0. The number of aryl methyl sites for hydroxylation is 3. The second-order valence-corrected chi connectivity index (χ2v) is 5.52. The van der Waals surface area contributed by atoms with Gasteiger partial charge in [-0.2, -0.15) is 0 Å². The van der Waals surface area contributed by atoms with Crippen molar-refractivity contribution in [3.8, 4) is 22.4 Å². The molecule has 1 heteroatoms. The van der Waals surface area contributed by atoms with E-state index in [1.807, 2.05) is 12.3 Å². The van der Waals surface area contributed by atoms with E-state index in [1.165, 1.54) is 27.8 Å². The summed E-state index contributed by atoms with van der Waals surface area (Å²) in [6, 6.07) is 19.0. The fourth-order valence-electron chi connectivity index (χ4n) is 2.80. The molecule has 1 heterocycles. The van der Waals surface area contributed by atoms with Crippen LogP contribution in [0.5, 0.6) is 0 Å². The number of rotatable bonds is 2. The lowest BCUT2D eigenvalue weighted by molar-refractivity contribution is 1.26. The summed E-state index contributed by atoms with van der Waals surface area (Å²) in [7, 11) is 0. The fraction of sp³-hybridized carbons (Fsp3) is 0.150. The smallest absolute Gasteiger partial charge is 0.0708 e. The van der Waals surface area contributed by atoms with Crippen molar-refractivity contribution in [3.63, 3.8) is 0 Å². The average Bonchev–Trinajstić information content (AvgIpc) is 2.50. The first-order valence-corrected chi connectivity index (χ1v) is 7.25. The molecule has 0 spiro atoms. The van der Waals surface area contributed by atoms with Crippen LogP contribution >= 0.6 is 0 Å². The van der Waals surface area contributed by atoms with Gasteiger partial charge in [-0.1, -0.05) is 48.5 Å². The highest BCUT2D eigenvalue weighted by Gasteiger charge is 2.10. The van der Waals surface area contributed by atoms with Gasteiger partial charge in [0.05, 0.1) is 5.69 Å². The molecule has 3 rings (SSSR count). The molecule has 21 heavy (non-hydrogen) atoms. The van der Waals surface area contributed by atoms with Crippen molar-refractivity contribution < 1.29 is 0 Å². The van der Waals surface area contributed by atoms with Crippen molar-refractivity contribution in [3.05, 3.63) is 77.5 Å². The summed E-state index contributed by atoms with van der Waals surface area (Å²) in [4.78, 5) is 4.59. The molecule has 0 aliphatic carbocycles. The summed E-state index contributed by atoms with van der Waals surface area (Å²) >= 11 is 0. The van der Waals surface area contributed by atoms with Crippen molar-refractivity contribution >= 4 is 0 Å². The monoisotopic (exact) mass is 273 g/mol. The second kappa shape index (κ2) is 5.53. The maximum atomic E-state index is 4.59. The molecule has 1 nitrogen and oxygen atoms in total. The quantitative estimate of drug-likeness (QED) is 0.614. The minimum atomic E-state index is 1.03. The highest BCUT2D eigenvalue weighted by molar-refractivity contribution is 5.77. The zero-order valence-corrected chi connectivity index (χ0v) is 12.7. The normalized spacial score (nSPS) is 10.6. The van der Waals surface area contributed by atoms with Crippen LogP contribution < -0.4 is 0 Å². The third-order valence-electron chi connectivity index (χ3n) is 3.92. The van der Waals surface area contributed by atoms with Gasteiger partial charge in [0, 0.05) is 11.8 Å². The first kappa shape index (κ1) is 13.6. The third kappa shape index (κ3) is 2.59. The summed E-state index contributed by atoms with van der Waals surface area (Å²) in [5.41, 5.74) is 8.62. The lowest BCUT2D eigenvalue weighted by atomic mass is 9.92. The Bertz CT molecular complexity index is 753. The van der Waals surface area contributed by atoms with Gasteiger partial charge in [0.25, 0.3) is 0 Å². The van der Waals surface area contributed by atoms with Gasteiger partial charge in [-0.25, -0.2) is 0 Å². The Balaban J connectivity index is 2.20. The second-order valence-electron chi connectivity index (χ2n) is 5.52. The van der Waals surface area contributed by atoms with Crippen LogP contribution in [-0.4, -0.2) is 4.98 Å². The number of aromatic nitrogens is 1. The van der Waals surface area contributed by atoms with Crippen LogP contribution in [0.4, 0.5) is 0 Å². The molecular weight excluding hydrogens is 254 g/mol. The van der Waals surface area contributed by atoms with Crippen LogP contribution in [-0.2, 0) is 0 Å². The van der Waals surface area contributed by atoms with E-state index in [0.29, 0.717) is 0 Å². The summed E-state index contributed by atoms with van der Waals surface area (Å²) in [5, 5.41) is 0. The Kier molecular flexibility index (Phi) is 3.57. The van der Waals surface area contributed by atoms with Crippen LogP contribution in [0.3, 0.4) is 0 Å². The van der Waals surface area contributed by atoms with Gasteiger partial charge < -0.3 is 0 Å². The molecule has 0 radical (unpaired) electrons. The van der Waals surface area contributed by atoms with Crippen LogP contribution in [0.2, 0.25) is 0 Å². The Labute approximate surface area is 126 Å². The predicted octanol–water partition coefficient (Wildman–Crippen LogP) is 5.34. The van der Waals surface area contributed by atoms with Gasteiger partial charge in [0.15, 0.2) is 0 Å². The van der Waals surface area contributed by atoms with Gasteiger partial charge in [-0.05, 0) is 54.7 Å². The molecule has 3 aromatic rings. The molecular formula is C20H19N. The van der Waals surface area contributed by atoms with Gasteiger partial charge in [0.2, 0.25) is 0 Å². The minimum absolute atomic E-state index is 1.03. The van der Waals surface area contributed by atoms with Gasteiger partial charge in [-0.3, -0.25) is 4.98 Å². The maximum absolute atomic E-state index is 4.59. The molecule has 0 N–H and O–H groups in total. The average molecular weight is 273 g/mol. The Morgan fingerprint density at radius 2 is 1.38 bits per heavy atom. The molecule has 0 aliphatic rings. The summed E-state index contributed by atoms with van der Waals surface area (Å²) < 4.78 is 0. The summed E-state index contributed by atoms with van der Waals surface area (Å²) in [6.07, 6.45) is 1.98. The number of hydrogen-bond donors (Lipinski definition) is 0. The zero-order valence-electron chi connectivity index (χ0n) is 12.7. The maximum Gasteiger partial charge on any atom is 0.0708 e. The van der Waals surface area contributed by atoms with Gasteiger partial charge in [-0.15, -0.1) is 0 Å². The fourth-order valence-corrected chi connectivity index (χ4v) is 2.80. The lowest BCUT2D eigenvalue weighted by Gasteiger charge is -2.14. The van der Waals surface area contributed by atoms with E-state index >= 15 is 0 Å². The van der Waals surface area contributed by atoms with E-state index in [-0.39, 0.29) is 0 Å². The van der Waals surface area contributed by atoms with Gasteiger partial charge >= 0.3 is 0 Å². The SMILES string of the molecule is Cc1cnc(-c2ccccc2)cc1-c1c(C)cccc1C. The third-order valence-corrected chi connectivity index (χ3v) is 3.92. The zero-order chi connectivity index (χ0) is 14.8. The molecule has 0 saturated heterocycles. The molecule has 0 saturated carbocycles. The van der Waals surface area contributed by atoms with E-state index in [0.717, 1.165) is 11.3 Å². The van der Waals surface area contributed by atoms with E-state index in [2.05, 4.69) is 74.3 Å². The van der Waals surface area contributed by atoms with Crippen molar-refractivity contribution in [2.24, 2.45) is 0 Å². The predicted molar refractivity (Wildman–Crippen MR) is 89.3 cm³/mol. The molecule has 0 fully saturated rings. The van der Waals surface area contributed by atoms with Crippen molar-refractivity contribution in [1.29, 1.82) is 0 Å². The Morgan fingerprint density at radius 1 is 0.714 bits per heavy atom. The van der Waals surface area contributed by atoms with Crippen molar-refractivity contribution in [2.45, 2.75) is 20.8 Å². The highest BCUT2D eigenvalue weighted by atomic mass is 14.7. The van der Waals surface area contributed by atoms with Gasteiger partial charge in [0.1, 0.15) is 0 Å². The molecule has 0 aliphatic heterocycles. The van der Waals surface area contributed by atoms with E-state index in [1.54, 1.807) is 0 Å². The first-order chi connectivity index (χ1) is 10.2. The van der Waals surface area contributed by atoms with Crippen molar-refractivity contribution in [1.82, 2.24) is 4.98 Å². The number of hydrogen-bond acceptors (Lipinski definition) is 1. The molecule has 0 atom stereocenters. The van der Waals surface area contributed by atoms with Crippen LogP contribution in [0.25, 0.3) is 22.4 Å². The molecule has 1 aromatic heterocycles. The standard InChI is InChI=1S/C20H19N/c1-14-8-7-9-15(2)20(14)18-12-19(21-13-16(18)3)17-10-5-4-6-11-17/h4-13H,1-3H3. The van der Waals surface area contributed by atoms with Crippen molar-refractivity contribution in [2.75, 3.05) is 0 Å². The lowest BCUT2D eigenvalue weighted by Crippen LogP contribution is -1.93. The molecule has 0 amide bonds. The number of pyridine rings is 1. The molecule has 104 valence electrons. The largest absolute Gasteiger partial charge is 0.256 e. The minimum Gasteiger partial charge on any atom is -0.256 e. The van der Waals surface area contributed by atoms with E-state index in [9.17, 15) is 0 Å². The summed E-state index contributed by atoms with van der Waals surface area (Å²) in [6.45, 7) is 6.47. The molecule has 0 unspecified atom stereocenters. The molecule has 2 aromatic carbocycles. The van der Waals surface area contributed by atoms with E-state index in [4.69, 9.17) is 0 Å². The number of nitrogens with zero attached hydrogens (tertiary/aromatic N) is 1. The van der Waals surface area contributed by atoms with Crippen LogP contribution in [0.15, 0.2) is 60.8 Å².